The van der Waals surface area contributed by atoms with Crippen LogP contribution < -0.4 is 5.43 Å². The summed E-state index contributed by atoms with van der Waals surface area (Å²) in [4.78, 5) is 12.4. The minimum Gasteiger partial charge on any atom is -0.272 e. The number of halogens is 4. The van der Waals surface area contributed by atoms with E-state index < -0.39 is 22.5 Å². The molecule has 3 aromatic rings. The number of hydrogen-bond donors (Lipinski definition) is 1. The molecule has 0 bridgehead atoms. The van der Waals surface area contributed by atoms with Gasteiger partial charge in [-0.3, -0.25) is 4.79 Å². The average molecular weight is 559 g/mol. The molecular weight excluding hydrogens is 540 g/mol. The van der Waals surface area contributed by atoms with Crippen molar-refractivity contribution < 1.29 is 13.2 Å². The number of hydrogen-bond acceptors (Lipinski definition) is 4. The van der Waals surface area contributed by atoms with Gasteiger partial charge in [-0.25, -0.2) is 13.8 Å². The number of nitrogens with one attached hydrogen (secondary N) is 1. The van der Waals surface area contributed by atoms with Gasteiger partial charge in [0, 0.05) is 17.1 Å². The summed E-state index contributed by atoms with van der Waals surface area (Å²) in [5, 5.41) is 4.77. The monoisotopic (exact) mass is 557 g/mol. The molecule has 0 unspecified atom stereocenters. The van der Waals surface area contributed by atoms with E-state index in [2.05, 4.69) is 10.5 Å². The van der Waals surface area contributed by atoms with Gasteiger partial charge in [0.05, 0.1) is 27.8 Å². The summed E-state index contributed by atoms with van der Waals surface area (Å²) in [6.07, 6.45) is 1.67. The van der Waals surface area contributed by atoms with Crippen molar-refractivity contribution in [2.75, 3.05) is 13.1 Å². The lowest BCUT2D eigenvalue weighted by atomic mass is 10.1. The van der Waals surface area contributed by atoms with E-state index in [9.17, 15) is 13.2 Å². The molecule has 1 N–H and O–H groups in total. The zero-order valence-electron chi connectivity index (χ0n) is 17.6. The Labute approximate surface area is 218 Å². The molecule has 0 heterocycles. The molecule has 6 nitrogen and oxygen atoms in total. The molecule has 1 amide bonds. The molecule has 178 valence electrons. The van der Waals surface area contributed by atoms with Crippen molar-refractivity contribution in [1.29, 1.82) is 0 Å². The van der Waals surface area contributed by atoms with Crippen LogP contribution in [0.2, 0.25) is 20.1 Å². The number of rotatable bonds is 9. The lowest BCUT2D eigenvalue weighted by Crippen LogP contribution is -2.40. The Kier molecular flexibility index (Phi) is 9.36. The van der Waals surface area contributed by atoms with E-state index in [1.807, 2.05) is 30.3 Å². The van der Waals surface area contributed by atoms with E-state index in [0.29, 0.717) is 22.0 Å². The Bertz CT molecular complexity index is 1280. The van der Waals surface area contributed by atoms with Crippen LogP contribution in [-0.4, -0.2) is 37.9 Å². The van der Waals surface area contributed by atoms with Crippen LogP contribution in [0, 0.1) is 0 Å². The standard InChI is InChI=1S/C23H19Cl4N3O3S/c24-17-9-10-21(27)22(13-17)34(32,33)30(12-11-16-5-2-1-3-6-16)15-23(31)29-28-14-18-19(25)7-4-8-20(18)26/h1-10,13-14H,11-12,15H2,(H,29,31)/b28-14-. The first-order chi connectivity index (χ1) is 16.2. The second-order valence-electron chi connectivity index (χ2n) is 7.08. The van der Waals surface area contributed by atoms with Crippen molar-refractivity contribution in [2.45, 2.75) is 11.3 Å². The topological polar surface area (TPSA) is 78.8 Å². The first kappa shape index (κ1) is 26.5. The van der Waals surface area contributed by atoms with Gasteiger partial charge < -0.3 is 0 Å². The minimum absolute atomic E-state index is 0.000835. The lowest BCUT2D eigenvalue weighted by molar-refractivity contribution is -0.121. The van der Waals surface area contributed by atoms with Crippen LogP contribution in [0.4, 0.5) is 0 Å². The highest BCUT2D eigenvalue weighted by molar-refractivity contribution is 7.89. The fourth-order valence-electron chi connectivity index (χ4n) is 3.00. The highest BCUT2D eigenvalue weighted by Crippen LogP contribution is 2.28. The smallest absolute Gasteiger partial charge is 0.255 e. The number of carbonyl (C=O) groups excluding carboxylic acids is 1. The summed E-state index contributed by atoms with van der Waals surface area (Å²) >= 11 is 24.3. The lowest BCUT2D eigenvalue weighted by Gasteiger charge is -2.22. The number of amides is 1. The molecule has 0 radical (unpaired) electrons. The maximum absolute atomic E-state index is 13.4. The number of hydrazone groups is 1. The minimum atomic E-state index is -4.15. The summed E-state index contributed by atoms with van der Waals surface area (Å²) in [5.74, 6) is -0.658. The Morgan fingerprint density at radius 1 is 0.912 bits per heavy atom. The Hall–Kier alpha value is -2.13. The van der Waals surface area contributed by atoms with E-state index in [1.54, 1.807) is 18.2 Å². The van der Waals surface area contributed by atoms with Crippen LogP contribution in [-0.2, 0) is 21.2 Å². The van der Waals surface area contributed by atoms with Crippen LogP contribution in [0.5, 0.6) is 0 Å². The fraction of sp³-hybridized carbons (Fsp3) is 0.130. The highest BCUT2D eigenvalue weighted by Gasteiger charge is 2.29. The summed E-state index contributed by atoms with van der Waals surface area (Å²) in [6, 6.07) is 18.4. The summed E-state index contributed by atoms with van der Waals surface area (Å²) < 4.78 is 27.8. The average Bonchev–Trinajstić information content (AvgIpc) is 2.80. The predicted molar refractivity (Wildman–Crippen MR) is 138 cm³/mol. The van der Waals surface area contributed by atoms with Crippen LogP contribution in [0.15, 0.2) is 76.7 Å². The molecule has 0 aliphatic rings. The van der Waals surface area contributed by atoms with Crippen molar-refractivity contribution in [1.82, 2.24) is 9.73 Å². The van der Waals surface area contributed by atoms with E-state index in [0.717, 1.165) is 9.87 Å². The van der Waals surface area contributed by atoms with E-state index in [1.165, 1.54) is 24.4 Å². The van der Waals surface area contributed by atoms with Gasteiger partial charge in [0.25, 0.3) is 5.91 Å². The fourth-order valence-corrected chi connectivity index (χ4v) is 5.62. The Balaban J connectivity index is 1.81. The summed E-state index contributed by atoms with van der Waals surface area (Å²) in [7, 11) is -4.15. The predicted octanol–water partition coefficient (Wildman–Crippen LogP) is 5.68. The van der Waals surface area contributed by atoms with Gasteiger partial charge in [0.15, 0.2) is 0 Å². The molecule has 3 aromatic carbocycles. The van der Waals surface area contributed by atoms with Gasteiger partial charge >= 0.3 is 0 Å². The molecule has 0 aliphatic heterocycles. The molecule has 3 rings (SSSR count). The van der Waals surface area contributed by atoms with Gasteiger partial charge in [-0.15, -0.1) is 0 Å². The SMILES string of the molecule is O=C(CN(CCc1ccccc1)S(=O)(=O)c1cc(Cl)ccc1Cl)N/N=C\c1c(Cl)cccc1Cl. The van der Waals surface area contributed by atoms with Crippen molar-refractivity contribution in [3.05, 3.63) is 97.9 Å². The molecule has 34 heavy (non-hydrogen) atoms. The Morgan fingerprint density at radius 3 is 2.26 bits per heavy atom. The summed E-state index contributed by atoms with van der Waals surface area (Å²) in [6.45, 7) is -0.464. The molecular formula is C23H19Cl4N3O3S. The number of benzene rings is 3. The molecule has 0 saturated heterocycles. The first-order valence-electron chi connectivity index (χ1n) is 9.93. The van der Waals surface area contributed by atoms with Gasteiger partial charge in [-0.05, 0) is 42.3 Å². The largest absolute Gasteiger partial charge is 0.272 e. The third-order valence-corrected chi connectivity index (χ3v) is 7.93. The van der Waals surface area contributed by atoms with Crippen LogP contribution in [0.3, 0.4) is 0 Å². The molecule has 0 aromatic heterocycles. The zero-order valence-corrected chi connectivity index (χ0v) is 21.4. The van der Waals surface area contributed by atoms with E-state index >= 15 is 0 Å². The molecule has 0 atom stereocenters. The third kappa shape index (κ3) is 6.95. The normalized spacial score (nSPS) is 11.8. The first-order valence-corrected chi connectivity index (χ1v) is 12.9. The zero-order chi connectivity index (χ0) is 24.7. The van der Waals surface area contributed by atoms with E-state index in [-0.39, 0.29) is 21.5 Å². The molecule has 0 fully saturated rings. The Morgan fingerprint density at radius 2 is 1.59 bits per heavy atom. The van der Waals surface area contributed by atoms with Crippen LogP contribution in [0.1, 0.15) is 11.1 Å². The third-order valence-electron chi connectivity index (χ3n) is 4.71. The van der Waals surface area contributed by atoms with Crippen molar-refractivity contribution >= 4 is 68.5 Å². The maximum Gasteiger partial charge on any atom is 0.255 e. The van der Waals surface area contributed by atoms with Crippen LogP contribution in [0.25, 0.3) is 0 Å². The molecule has 11 heteroatoms. The molecule has 0 spiro atoms. The van der Waals surface area contributed by atoms with Crippen molar-refractivity contribution in [2.24, 2.45) is 5.10 Å². The van der Waals surface area contributed by atoms with Crippen molar-refractivity contribution in [3.8, 4) is 0 Å². The number of carbonyl (C=O) groups is 1. The van der Waals surface area contributed by atoms with Gasteiger partial charge in [-0.2, -0.15) is 9.41 Å². The second kappa shape index (κ2) is 12.0. The van der Waals surface area contributed by atoms with Crippen LogP contribution >= 0.6 is 46.4 Å². The van der Waals surface area contributed by atoms with Gasteiger partial charge in [0.1, 0.15) is 4.90 Å². The molecule has 0 aliphatic carbocycles. The van der Waals surface area contributed by atoms with E-state index in [4.69, 9.17) is 46.4 Å². The number of nitrogens with zero attached hydrogens (tertiary/aromatic N) is 2. The number of sulfonamides is 1. The van der Waals surface area contributed by atoms with Crippen molar-refractivity contribution in [3.63, 3.8) is 0 Å². The quantitative estimate of drug-likeness (QED) is 0.271. The summed E-state index contributed by atoms with van der Waals surface area (Å²) in [5.41, 5.74) is 3.64. The molecule has 0 saturated carbocycles. The maximum atomic E-state index is 13.4. The van der Waals surface area contributed by atoms with Gasteiger partial charge in [0.2, 0.25) is 10.0 Å². The van der Waals surface area contributed by atoms with Gasteiger partial charge in [-0.1, -0.05) is 82.8 Å². The highest BCUT2D eigenvalue weighted by atomic mass is 35.5. The second-order valence-corrected chi connectivity index (χ2v) is 10.6.